The van der Waals surface area contributed by atoms with Gasteiger partial charge in [0.15, 0.2) is 5.52 Å². The first-order valence-corrected chi connectivity index (χ1v) is 7.93. The van der Waals surface area contributed by atoms with Crippen molar-refractivity contribution in [1.29, 1.82) is 0 Å². The van der Waals surface area contributed by atoms with Crippen LogP contribution in [0.15, 0.2) is 24.3 Å². The molecule has 1 aliphatic rings. The van der Waals surface area contributed by atoms with E-state index in [2.05, 4.69) is 28.9 Å². The predicted octanol–water partition coefficient (Wildman–Crippen LogP) is 2.98. The van der Waals surface area contributed by atoms with Crippen LogP contribution in [0.4, 0.5) is 11.4 Å². The molecule has 1 fully saturated rings. The van der Waals surface area contributed by atoms with Gasteiger partial charge in [0.05, 0.1) is 4.92 Å². The van der Waals surface area contributed by atoms with Gasteiger partial charge in [0, 0.05) is 42.0 Å². The van der Waals surface area contributed by atoms with E-state index >= 15 is 0 Å². The van der Waals surface area contributed by atoms with Gasteiger partial charge in [-0.2, -0.15) is 0 Å². The highest BCUT2D eigenvalue weighted by atomic mass is 16.6. The summed E-state index contributed by atoms with van der Waals surface area (Å²) in [6.45, 7) is 3.81. The summed E-state index contributed by atoms with van der Waals surface area (Å²) in [5.41, 5.74) is 2.43. The van der Waals surface area contributed by atoms with Crippen molar-refractivity contribution in [3.8, 4) is 0 Å². The average molecular weight is 314 g/mol. The summed E-state index contributed by atoms with van der Waals surface area (Å²) >= 11 is 0. The molecule has 1 saturated heterocycles. The fourth-order valence-electron chi connectivity index (χ4n) is 3.34. The molecule has 2 aromatic rings. The maximum atomic E-state index is 11.3. The molecule has 23 heavy (non-hydrogen) atoms. The van der Waals surface area contributed by atoms with Gasteiger partial charge in [-0.15, -0.1) is 0 Å². The van der Waals surface area contributed by atoms with Crippen LogP contribution in [0, 0.1) is 17.0 Å². The summed E-state index contributed by atoms with van der Waals surface area (Å²) in [6, 6.07) is 7.75. The number of aryl methyl sites for hydroxylation is 1. The Morgan fingerprint density at radius 3 is 2.87 bits per heavy atom. The normalized spacial score (nSPS) is 18.6. The standard InChI is InChI=1S/C17H22N4O2/c1-12-10-16(20-9-5-6-13(11-20)19(2)3)14-7-4-8-15(21(22)23)17(14)18-12/h4,7-8,10,13H,5-6,9,11H2,1-3H3. The van der Waals surface area contributed by atoms with Crippen LogP contribution < -0.4 is 4.90 Å². The minimum Gasteiger partial charge on any atom is -0.369 e. The lowest BCUT2D eigenvalue weighted by Crippen LogP contribution is -2.45. The first-order valence-electron chi connectivity index (χ1n) is 7.93. The molecular formula is C17H22N4O2. The van der Waals surface area contributed by atoms with Gasteiger partial charge in [-0.1, -0.05) is 12.1 Å². The molecule has 0 spiro atoms. The molecule has 0 N–H and O–H groups in total. The van der Waals surface area contributed by atoms with Crippen molar-refractivity contribution in [3.63, 3.8) is 0 Å². The first kappa shape index (κ1) is 15.7. The van der Waals surface area contributed by atoms with Crippen LogP contribution in [0.3, 0.4) is 0 Å². The van der Waals surface area contributed by atoms with Crippen LogP contribution in [0.2, 0.25) is 0 Å². The first-order chi connectivity index (χ1) is 11.0. The van der Waals surface area contributed by atoms with E-state index in [1.807, 2.05) is 19.1 Å². The van der Waals surface area contributed by atoms with Gasteiger partial charge in [-0.25, -0.2) is 4.98 Å². The van der Waals surface area contributed by atoms with Gasteiger partial charge in [-0.05, 0) is 39.9 Å². The van der Waals surface area contributed by atoms with Crippen LogP contribution >= 0.6 is 0 Å². The molecular weight excluding hydrogens is 292 g/mol. The molecule has 1 atom stereocenters. The fourth-order valence-corrected chi connectivity index (χ4v) is 3.34. The van der Waals surface area contributed by atoms with Crippen LogP contribution in [-0.2, 0) is 0 Å². The number of likely N-dealkylation sites (N-methyl/N-ethyl adjacent to an activating group) is 1. The number of pyridine rings is 1. The van der Waals surface area contributed by atoms with Crippen molar-refractivity contribution < 1.29 is 4.92 Å². The van der Waals surface area contributed by atoms with Crippen LogP contribution in [0.1, 0.15) is 18.5 Å². The van der Waals surface area contributed by atoms with E-state index in [0.29, 0.717) is 11.6 Å². The van der Waals surface area contributed by atoms with E-state index in [-0.39, 0.29) is 10.6 Å². The van der Waals surface area contributed by atoms with Gasteiger partial charge in [0.2, 0.25) is 0 Å². The third-order valence-corrected chi connectivity index (χ3v) is 4.59. The number of para-hydroxylation sites is 1. The second-order valence-electron chi connectivity index (χ2n) is 6.42. The molecule has 1 aromatic heterocycles. The Kier molecular flexibility index (Phi) is 4.17. The number of piperidine rings is 1. The van der Waals surface area contributed by atoms with Gasteiger partial charge in [0.1, 0.15) is 0 Å². The Labute approximate surface area is 135 Å². The second kappa shape index (κ2) is 6.12. The second-order valence-corrected chi connectivity index (χ2v) is 6.42. The molecule has 6 nitrogen and oxygen atoms in total. The van der Waals surface area contributed by atoms with E-state index in [9.17, 15) is 10.1 Å². The highest BCUT2D eigenvalue weighted by Gasteiger charge is 2.24. The fraction of sp³-hybridized carbons (Fsp3) is 0.471. The van der Waals surface area contributed by atoms with Crippen LogP contribution in [0.5, 0.6) is 0 Å². The number of anilines is 1. The molecule has 122 valence electrons. The lowest BCUT2D eigenvalue weighted by atomic mass is 10.0. The molecule has 0 bridgehead atoms. The summed E-state index contributed by atoms with van der Waals surface area (Å²) in [5, 5.41) is 12.2. The van der Waals surface area contributed by atoms with Gasteiger partial charge >= 0.3 is 0 Å². The minimum atomic E-state index is -0.350. The molecule has 3 rings (SSSR count). The van der Waals surface area contributed by atoms with E-state index in [1.165, 1.54) is 12.5 Å². The largest absolute Gasteiger partial charge is 0.369 e. The number of rotatable bonds is 3. The predicted molar refractivity (Wildman–Crippen MR) is 92.1 cm³/mol. The zero-order valence-electron chi connectivity index (χ0n) is 13.8. The van der Waals surface area contributed by atoms with E-state index < -0.39 is 0 Å². The van der Waals surface area contributed by atoms with Crippen molar-refractivity contribution in [3.05, 3.63) is 40.1 Å². The average Bonchev–Trinajstić information content (AvgIpc) is 2.53. The molecule has 1 aliphatic heterocycles. The topological polar surface area (TPSA) is 62.5 Å². The Bertz CT molecular complexity index is 745. The zero-order chi connectivity index (χ0) is 16.6. The quantitative estimate of drug-likeness (QED) is 0.644. The third kappa shape index (κ3) is 2.99. The minimum absolute atomic E-state index is 0.0774. The number of nitrogens with zero attached hydrogens (tertiary/aromatic N) is 4. The van der Waals surface area contributed by atoms with Crippen molar-refractivity contribution in [2.75, 3.05) is 32.1 Å². The number of hydrogen-bond donors (Lipinski definition) is 0. The van der Waals surface area contributed by atoms with E-state index in [4.69, 9.17) is 0 Å². The summed E-state index contributed by atoms with van der Waals surface area (Å²) in [6.07, 6.45) is 2.31. The van der Waals surface area contributed by atoms with Gasteiger partial charge in [-0.3, -0.25) is 10.1 Å². The molecule has 1 aromatic carbocycles. The highest BCUT2D eigenvalue weighted by Crippen LogP contribution is 2.33. The molecule has 0 saturated carbocycles. The smallest absolute Gasteiger partial charge is 0.295 e. The Hall–Kier alpha value is -2.21. The summed E-state index contributed by atoms with van der Waals surface area (Å²) in [7, 11) is 4.21. The summed E-state index contributed by atoms with van der Waals surface area (Å²) < 4.78 is 0. The molecule has 0 aliphatic carbocycles. The number of aromatic nitrogens is 1. The number of hydrogen-bond acceptors (Lipinski definition) is 5. The van der Waals surface area contributed by atoms with Crippen molar-refractivity contribution >= 4 is 22.3 Å². The number of non-ortho nitro benzene ring substituents is 1. The Balaban J connectivity index is 2.10. The monoisotopic (exact) mass is 314 g/mol. The van der Waals surface area contributed by atoms with Crippen LogP contribution in [0.25, 0.3) is 10.9 Å². The van der Waals surface area contributed by atoms with Crippen molar-refractivity contribution in [1.82, 2.24) is 9.88 Å². The van der Waals surface area contributed by atoms with Crippen LogP contribution in [-0.4, -0.2) is 48.0 Å². The number of fused-ring (bicyclic) bond motifs is 1. The zero-order valence-corrected chi connectivity index (χ0v) is 13.8. The molecule has 6 heteroatoms. The lowest BCUT2D eigenvalue weighted by Gasteiger charge is -2.38. The maximum absolute atomic E-state index is 11.3. The van der Waals surface area contributed by atoms with Gasteiger partial charge < -0.3 is 9.80 Å². The lowest BCUT2D eigenvalue weighted by molar-refractivity contribution is -0.383. The molecule has 2 heterocycles. The van der Waals surface area contributed by atoms with E-state index in [1.54, 1.807) is 6.07 Å². The van der Waals surface area contributed by atoms with Crippen molar-refractivity contribution in [2.24, 2.45) is 0 Å². The molecule has 0 amide bonds. The SMILES string of the molecule is Cc1cc(N2CCCC(N(C)C)C2)c2cccc([N+](=O)[O-])c2n1. The van der Waals surface area contributed by atoms with Gasteiger partial charge in [0.25, 0.3) is 5.69 Å². The number of benzene rings is 1. The summed E-state index contributed by atoms with van der Waals surface area (Å²) in [5.74, 6) is 0. The molecule has 1 unspecified atom stereocenters. The third-order valence-electron chi connectivity index (χ3n) is 4.59. The molecule has 0 radical (unpaired) electrons. The maximum Gasteiger partial charge on any atom is 0.295 e. The van der Waals surface area contributed by atoms with E-state index in [0.717, 1.165) is 36.3 Å². The summed E-state index contributed by atoms with van der Waals surface area (Å²) in [4.78, 5) is 20.0. The number of nitro groups is 1. The highest BCUT2D eigenvalue weighted by molar-refractivity contribution is 5.97. The van der Waals surface area contributed by atoms with Crippen molar-refractivity contribution in [2.45, 2.75) is 25.8 Å². The number of nitro benzene ring substituents is 1. The Morgan fingerprint density at radius 1 is 1.39 bits per heavy atom. The Morgan fingerprint density at radius 2 is 2.17 bits per heavy atom.